The Morgan fingerprint density at radius 1 is 1.19 bits per heavy atom. The van der Waals surface area contributed by atoms with Gasteiger partial charge >= 0.3 is 0 Å². The van der Waals surface area contributed by atoms with Gasteiger partial charge in [0.25, 0.3) is 0 Å². The molecule has 1 heterocycles. The van der Waals surface area contributed by atoms with Gasteiger partial charge in [-0.15, -0.1) is 0 Å². The van der Waals surface area contributed by atoms with Crippen molar-refractivity contribution in [3.05, 3.63) is 0 Å². The highest BCUT2D eigenvalue weighted by molar-refractivity contribution is 7.88. The van der Waals surface area contributed by atoms with Gasteiger partial charge < -0.3 is 5.73 Å². The van der Waals surface area contributed by atoms with E-state index in [1.165, 1.54) is 31.9 Å². The lowest BCUT2D eigenvalue weighted by Gasteiger charge is -2.38. The minimum Gasteiger partial charge on any atom is -0.327 e. The minimum atomic E-state index is -3.03. The number of nitrogens with two attached hydrogens (primary N) is 1. The molecule has 21 heavy (non-hydrogen) atoms. The van der Waals surface area contributed by atoms with Gasteiger partial charge in [-0.3, -0.25) is 0 Å². The Labute approximate surface area is 130 Å². The fraction of sp³-hybridized carbons (Fsp3) is 1.00. The standard InChI is InChI=1S/C16H32N2O2S/c1-3-5-13-7-8-16(17)15(10-13)11-14-6-4-9-18(12-14)21(2,19)20/h13-16H,3-12,17H2,1-2H3. The van der Waals surface area contributed by atoms with Crippen molar-refractivity contribution in [1.29, 1.82) is 0 Å². The van der Waals surface area contributed by atoms with Crippen LogP contribution in [0.3, 0.4) is 0 Å². The van der Waals surface area contributed by atoms with E-state index >= 15 is 0 Å². The third-order valence-electron chi connectivity index (χ3n) is 5.43. The van der Waals surface area contributed by atoms with Gasteiger partial charge in [0.05, 0.1) is 6.26 Å². The summed E-state index contributed by atoms with van der Waals surface area (Å²) in [6.45, 7) is 3.67. The second-order valence-electron chi connectivity index (χ2n) is 7.26. The van der Waals surface area contributed by atoms with Gasteiger partial charge in [0, 0.05) is 19.1 Å². The molecule has 0 bridgehead atoms. The number of hydrogen-bond acceptors (Lipinski definition) is 3. The van der Waals surface area contributed by atoms with Gasteiger partial charge in [0.2, 0.25) is 10.0 Å². The highest BCUT2D eigenvalue weighted by atomic mass is 32.2. The van der Waals surface area contributed by atoms with Crippen molar-refractivity contribution in [2.24, 2.45) is 23.5 Å². The molecule has 1 saturated heterocycles. The predicted molar refractivity (Wildman–Crippen MR) is 87.5 cm³/mol. The Balaban J connectivity index is 1.90. The summed E-state index contributed by atoms with van der Waals surface area (Å²) < 4.78 is 25.1. The highest BCUT2D eigenvalue weighted by Gasteiger charge is 2.32. The normalized spacial score (nSPS) is 35.8. The molecule has 0 aromatic heterocycles. The molecule has 4 nitrogen and oxygen atoms in total. The van der Waals surface area contributed by atoms with Gasteiger partial charge in [0.15, 0.2) is 0 Å². The van der Waals surface area contributed by atoms with Crippen LogP contribution in [0.15, 0.2) is 0 Å². The first-order chi connectivity index (χ1) is 9.90. The summed E-state index contributed by atoms with van der Waals surface area (Å²) in [5, 5.41) is 0. The van der Waals surface area contributed by atoms with Crippen molar-refractivity contribution < 1.29 is 8.42 Å². The predicted octanol–water partition coefficient (Wildman–Crippen LogP) is 2.59. The van der Waals surface area contributed by atoms with Crippen LogP contribution in [0, 0.1) is 17.8 Å². The molecule has 0 amide bonds. The van der Waals surface area contributed by atoms with Crippen molar-refractivity contribution in [1.82, 2.24) is 4.31 Å². The van der Waals surface area contributed by atoms with Crippen LogP contribution in [0.5, 0.6) is 0 Å². The molecule has 2 rings (SSSR count). The first kappa shape index (κ1) is 17.2. The smallest absolute Gasteiger partial charge is 0.211 e. The lowest BCUT2D eigenvalue weighted by Crippen LogP contribution is -2.42. The molecule has 0 aromatic rings. The summed E-state index contributed by atoms with van der Waals surface area (Å²) in [5.74, 6) is 1.94. The molecule has 5 heteroatoms. The second-order valence-corrected chi connectivity index (χ2v) is 9.24. The van der Waals surface area contributed by atoms with E-state index in [-0.39, 0.29) is 0 Å². The zero-order chi connectivity index (χ0) is 15.5. The third-order valence-corrected chi connectivity index (χ3v) is 6.70. The fourth-order valence-corrected chi connectivity index (χ4v) is 5.22. The first-order valence-corrected chi connectivity index (χ1v) is 10.5. The van der Waals surface area contributed by atoms with Crippen molar-refractivity contribution >= 4 is 10.0 Å². The molecule has 124 valence electrons. The summed E-state index contributed by atoms with van der Waals surface area (Å²) in [6, 6.07) is 0.326. The number of nitrogens with zero attached hydrogens (tertiary/aromatic N) is 1. The quantitative estimate of drug-likeness (QED) is 0.848. The van der Waals surface area contributed by atoms with E-state index in [4.69, 9.17) is 5.73 Å². The molecular weight excluding hydrogens is 284 g/mol. The van der Waals surface area contributed by atoms with Crippen molar-refractivity contribution in [3.8, 4) is 0 Å². The zero-order valence-corrected chi connectivity index (χ0v) is 14.4. The van der Waals surface area contributed by atoms with E-state index < -0.39 is 10.0 Å². The van der Waals surface area contributed by atoms with E-state index in [1.807, 2.05) is 0 Å². The van der Waals surface area contributed by atoms with Crippen molar-refractivity contribution in [2.75, 3.05) is 19.3 Å². The average molecular weight is 317 g/mol. The SMILES string of the molecule is CCCC1CCC(N)C(CC2CCCN(S(C)(=O)=O)C2)C1. The molecule has 0 spiro atoms. The molecule has 1 saturated carbocycles. The van der Waals surface area contributed by atoms with E-state index in [9.17, 15) is 8.42 Å². The molecule has 2 N–H and O–H groups in total. The van der Waals surface area contributed by atoms with Crippen LogP contribution in [-0.4, -0.2) is 38.1 Å². The Kier molecular flexibility index (Phi) is 6.09. The molecule has 1 aliphatic carbocycles. The van der Waals surface area contributed by atoms with Crippen molar-refractivity contribution in [2.45, 2.75) is 64.3 Å². The minimum absolute atomic E-state index is 0.326. The Bertz CT molecular complexity index is 424. The van der Waals surface area contributed by atoms with E-state index in [0.717, 1.165) is 31.6 Å². The number of rotatable bonds is 5. The summed E-state index contributed by atoms with van der Waals surface area (Å²) in [5.41, 5.74) is 6.34. The maximum absolute atomic E-state index is 11.7. The molecular formula is C16H32N2O2S. The fourth-order valence-electron chi connectivity index (χ4n) is 4.27. The second kappa shape index (κ2) is 7.42. The van der Waals surface area contributed by atoms with Gasteiger partial charge in [0.1, 0.15) is 0 Å². The largest absolute Gasteiger partial charge is 0.327 e. The molecule has 0 aromatic carbocycles. The number of hydrogen-bond donors (Lipinski definition) is 1. The Morgan fingerprint density at radius 2 is 1.95 bits per heavy atom. The van der Waals surface area contributed by atoms with Crippen LogP contribution in [0.4, 0.5) is 0 Å². The van der Waals surface area contributed by atoms with E-state index in [0.29, 0.717) is 31.0 Å². The van der Waals surface area contributed by atoms with Crippen LogP contribution in [-0.2, 0) is 10.0 Å². The average Bonchev–Trinajstić information content (AvgIpc) is 2.42. The lowest BCUT2D eigenvalue weighted by atomic mass is 9.72. The molecule has 2 aliphatic rings. The van der Waals surface area contributed by atoms with Crippen LogP contribution < -0.4 is 5.73 Å². The first-order valence-electron chi connectivity index (χ1n) is 8.60. The van der Waals surface area contributed by atoms with E-state index in [2.05, 4.69) is 6.92 Å². The van der Waals surface area contributed by atoms with Crippen LogP contribution >= 0.6 is 0 Å². The van der Waals surface area contributed by atoms with Crippen LogP contribution in [0.1, 0.15) is 58.3 Å². The van der Waals surface area contributed by atoms with Crippen LogP contribution in [0.2, 0.25) is 0 Å². The summed E-state index contributed by atoms with van der Waals surface area (Å²) >= 11 is 0. The molecule has 4 unspecified atom stereocenters. The summed E-state index contributed by atoms with van der Waals surface area (Å²) in [7, 11) is -3.03. The zero-order valence-electron chi connectivity index (χ0n) is 13.6. The molecule has 2 fully saturated rings. The Morgan fingerprint density at radius 3 is 2.62 bits per heavy atom. The maximum atomic E-state index is 11.7. The van der Waals surface area contributed by atoms with Gasteiger partial charge in [-0.05, 0) is 56.3 Å². The molecule has 0 radical (unpaired) electrons. The third kappa shape index (κ3) is 4.93. The highest BCUT2D eigenvalue weighted by Crippen LogP contribution is 2.36. The van der Waals surface area contributed by atoms with Gasteiger partial charge in [-0.2, -0.15) is 0 Å². The Hall–Kier alpha value is -0.130. The van der Waals surface area contributed by atoms with Crippen LogP contribution in [0.25, 0.3) is 0 Å². The van der Waals surface area contributed by atoms with Crippen molar-refractivity contribution in [3.63, 3.8) is 0 Å². The summed E-state index contributed by atoms with van der Waals surface area (Å²) in [4.78, 5) is 0. The summed E-state index contributed by atoms with van der Waals surface area (Å²) in [6.07, 6.45) is 10.9. The monoisotopic (exact) mass is 316 g/mol. The van der Waals surface area contributed by atoms with Gasteiger partial charge in [-0.25, -0.2) is 12.7 Å². The lowest BCUT2D eigenvalue weighted by molar-refractivity contribution is 0.161. The van der Waals surface area contributed by atoms with E-state index in [1.54, 1.807) is 4.31 Å². The van der Waals surface area contributed by atoms with Gasteiger partial charge in [-0.1, -0.05) is 19.8 Å². The maximum Gasteiger partial charge on any atom is 0.211 e. The topological polar surface area (TPSA) is 63.4 Å². The number of sulfonamides is 1. The molecule has 4 atom stereocenters. The molecule has 1 aliphatic heterocycles. The number of piperidine rings is 1.